The van der Waals surface area contributed by atoms with Crippen LogP contribution < -0.4 is 9.64 Å². The molecule has 2 rings (SSSR count). The smallest absolute Gasteiger partial charge is 0.240 e. The number of likely N-dealkylation sites (N-methyl/N-ethyl adjacent to an activating group) is 2. The van der Waals surface area contributed by atoms with Gasteiger partial charge in [0.2, 0.25) is 11.8 Å². The van der Waals surface area contributed by atoms with E-state index in [1.165, 1.54) is 5.56 Å². The second-order valence-electron chi connectivity index (χ2n) is 5.17. The molecule has 0 atom stereocenters. The second kappa shape index (κ2) is 7.56. The number of benzene rings is 1. The third-order valence-corrected chi connectivity index (χ3v) is 3.39. The van der Waals surface area contributed by atoms with Crippen LogP contribution in [0.1, 0.15) is 5.56 Å². The van der Waals surface area contributed by atoms with Crippen molar-refractivity contribution in [3.63, 3.8) is 0 Å². The number of nitrogens with zero attached hydrogens (tertiary/aromatic N) is 3. The molecular weight excluding hydrogens is 278 g/mol. The van der Waals surface area contributed by atoms with Gasteiger partial charge in [0.25, 0.3) is 0 Å². The molecular formula is C17H21N3O2. The van der Waals surface area contributed by atoms with Crippen molar-refractivity contribution in [1.82, 2.24) is 9.88 Å². The minimum Gasteiger partial charge on any atom is -0.481 e. The van der Waals surface area contributed by atoms with Gasteiger partial charge in [0.1, 0.15) is 0 Å². The minimum absolute atomic E-state index is 0.0189. The number of carbonyl (C=O) groups excluding carboxylic acids is 1. The first-order chi connectivity index (χ1) is 10.6. The van der Waals surface area contributed by atoms with E-state index < -0.39 is 0 Å². The topological polar surface area (TPSA) is 45.7 Å². The van der Waals surface area contributed by atoms with E-state index in [9.17, 15) is 4.79 Å². The third kappa shape index (κ3) is 4.30. The lowest BCUT2D eigenvalue weighted by atomic mass is 10.2. The van der Waals surface area contributed by atoms with Crippen LogP contribution in [0.25, 0.3) is 0 Å². The summed E-state index contributed by atoms with van der Waals surface area (Å²) >= 11 is 0. The first-order valence-electron chi connectivity index (χ1n) is 7.09. The van der Waals surface area contributed by atoms with Crippen LogP contribution >= 0.6 is 0 Å². The minimum atomic E-state index is 0.0189. The van der Waals surface area contributed by atoms with Gasteiger partial charge in [0, 0.05) is 19.7 Å². The van der Waals surface area contributed by atoms with Gasteiger partial charge in [-0.1, -0.05) is 30.3 Å². The van der Waals surface area contributed by atoms with E-state index in [1.54, 1.807) is 31.3 Å². The second-order valence-corrected chi connectivity index (χ2v) is 5.17. The van der Waals surface area contributed by atoms with Gasteiger partial charge in [-0.25, -0.2) is 4.98 Å². The summed E-state index contributed by atoms with van der Waals surface area (Å²) in [5.74, 6) is 0.552. The van der Waals surface area contributed by atoms with Crippen LogP contribution in [0.2, 0.25) is 0 Å². The van der Waals surface area contributed by atoms with Gasteiger partial charge in [0.05, 0.1) is 25.5 Å². The number of hydrogen-bond donors (Lipinski definition) is 0. The summed E-state index contributed by atoms with van der Waals surface area (Å²) < 4.78 is 5.02. The van der Waals surface area contributed by atoms with Crippen molar-refractivity contribution in [2.45, 2.75) is 6.54 Å². The van der Waals surface area contributed by atoms with Crippen LogP contribution in [0.15, 0.2) is 48.7 Å². The average molecular weight is 299 g/mol. The van der Waals surface area contributed by atoms with E-state index in [-0.39, 0.29) is 5.91 Å². The zero-order valence-electron chi connectivity index (χ0n) is 13.2. The Morgan fingerprint density at radius 2 is 1.86 bits per heavy atom. The molecule has 5 heteroatoms. The van der Waals surface area contributed by atoms with Crippen molar-refractivity contribution in [1.29, 1.82) is 0 Å². The number of pyridine rings is 1. The Bertz CT molecular complexity index is 599. The zero-order chi connectivity index (χ0) is 15.9. The van der Waals surface area contributed by atoms with Crippen molar-refractivity contribution in [3.8, 4) is 5.88 Å². The lowest BCUT2D eigenvalue weighted by molar-refractivity contribution is -0.119. The van der Waals surface area contributed by atoms with E-state index in [2.05, 4.69) is 17.1 Å². The summed E-state index contributed by atoms with van der Waals surface area (Å²) in [6.07, 6.45) is 1.63. The standard InChI is InChI=1S/C17H21N3O2/c1-19(12-14-7-5-4-6-8-14)13-17(21)20(2)15-9-10-16(22-3)18-11-15/h4-11H,12-13H2,1-3H3. The molecule has 0 aliphatic rings. The number of anilines is 1. The van der Waals surface area contributed by atoms with Crippen molar-refractivity contribution in [2.75, 3.05) is 32.6 Å². The predicted molar refractivity (Wildman–Crippen MR) is 87.0 cm³/mol. The van der Waals surface area contributed by atoms with Crippen molar-refractivity contribution in [2.24, 2.45) is 0 Å². The molecule has 1 heterocycles. The van der Waals surface area contributed by atoms with E-state index in [0.717, 1.165) is 12.2 Å². The summed E-state index contributed by atoms with van der Waals surface area (Å²) in [7, 11) is 5.25. The maximum Gasteiger partial charge on any atom is 0.240 e. The fourth-order valence-electron chi connectivity index (χ4n) is 2.12. The highest BCUT2D eigenvalue weighted by Crippen LogP contribution is 2.15. The summed E-state index contributed by atoms with van der Waals surface area (Å²) in [6, 6.07) is 13.7. The lowest BCUT2D eigenvalue weighted by Gasteiger charge is -2.22. The quantitative estimate of drug-likeness (QED) is 0.820. The Labute approximate surface area is 131 Å². The molecule has 116 valence electrons. The molecule has 0 aliphatic carbocycles. The Morgan fingerprint density at radius 1 is 1.14 bits per heavy atom. The monoisotopic (exact) mass is 299 g/mol. The van der Waals surface area contributed by atoms with Crippen LogP contribution in [-0.2, 0) is 11.3 Å². The molecule has 1 aromatic heterocycles. The van der Waals surface area contributed by atoms with Gasteiger partial charge in [-0.3, -0.25) is 9.69 Å². The Morgan fingerprint density at radius 3 is 2.45 bits per heavy atom. The molecule has 0 unspecified atom stereocenters. The fourth-order valence-corrected chi connectivity index (χ4v) is 2.12. The summed E-state index contributed by atoms with van der Waals surface area (Å²) in [6.45, 7) is 1.08. The molecule has 0 radical (unpaired) electrons. The van der Waals surface area contributed by atoms with Crippen LogP contribution in [-0.4, -0.2) is 43.5 Å². The van der Waals surface area contributed by atoms with E-state index >= 15 is 0 Å². The molecule has 0 aliphatic heterocycles. The van der Waals surface area contributed by atoms with Gasteiger partial charge in [-0.05, 0) is 18.7 Å². The Kier molecular flexibility index (Phi) is 5.49. The summed E-state index contributed by atoms with van der Waals surface area (Å²) in [5.41, 5.74) is 1.94. The van der Waals surface area contributed by atoms with Crippen LogP contribution in [0.3, 0.4) is 0 Å². The molecule has 0 bridgehead atoms. The molecule has 22 heavy (non-hydrogen) atoms. The van der Waals surface area contributed by atoms with Gasteiger partial charge in [-0.2, -0.15) is 0 Å². The predicted octanol–water partition coefficient (Wildman–Crippen LogP) is 2.19. The Hall–Kier alpha value is -2.40. The van der Waals surface area contributed by atoms with Crippen molar-refractivity contribution < 1.29 is 9.53 Å². The van der Waals surface area contributed by atoms with E-state index in [4.69, 9.17) is 4.74 Å². The number of hydrogen-bond acceptors (Lipinski definition) is 4. The number of carbonyl (C=O) groups is 1. The van der Waals surface area contributed by atoms with Crippen LogP contribution in [0.4, 0.5) is 5.69 Å². The summed E-state index contributed by atoms with van der Waals surface area (Å²) in [5, 5.41) is 0. The third-order valence-electron chi connectivity index (χ3n) is 3.39. The highest BCUT2D eigenvalue weighted by atomic mass is 16.5. The van der Waals surface area contributed by atoms with Crippen LogP contribution in [0, 0.1) is 0 Å². The first-order valence-corrected chi connectivity index (χ1v) is 7.09. The highest BCUT2D eigenvalue weighted by Gasteiger charge is 2.14. The molecule has 0 spiro atoms. The molecule has 0 saturated heterocycles. The molecule has 0 N–H and O–H groups in total. The van der Waals surface area contributed by atoms with Gasteiger partial charge < -0.3 is 9.64 Å². The molecule has 0 fully saturated rings. The molecule has 1 aromatic carbocycles. The van der Waals surface area contributed by atoms with E-state index in [1.807, 2.05) is 36.2 Å². The van der Waals surface area contributed by atoms with Crippen LogP contribution in [0.5, 0.6) is 5.88 Å². The van der Waals surface area contributed by atoms with Crippen molar-refractivity contribution in [3.05, 3.63) is 54.2 Å². The SMILES string of the molecule is COc1ccc(N(C)C(=O)CN(C)Cc2ccccc2)cn1. The number of ether oxygens (including phenoxy) is 1. The Balaban J connectivity index is 1.92. The number of rotatable bonds is 6. The number of methoxy groups -OCH3 is 1. The molecule has 5 nitrogen and oxygen atoms in total. The van der Waals surface area contributed by atoms with Gasteiger partial charge >= 0.3 is 0 Å². The molecule has 2 aromatic rings. The summed E-state index contributed by atoms with van der Waals surface area (Å²) in [4.78, 5) is 20.0. The number of aromatic nitrogens is 1. The maximum atomic E-state index is 12.3. The molecule has 0 saturated carbocycles. The largest absolute Gasteiger partial charge is 0.481 e. The zero-order valence-corrected chi connectivity index (χ0v) is 13.2. The maximum absolute atomic E-state index is 12.3. The van der Waals surface area contributed by atoms with E-state index in [0.29, 0.717) is 12.4 Å². The average Bonchev–Trinajstić information content (AvgIpc) is 2.55. The normalized spacial score (nSPS) is 10.5. The van der Waals surface area contributed by atoms with Crippen molar-refractivity contribution >= 4 is 11.6 Å². The van der Waals surface area contributed by atoms with Gasteiger partial charge in [0.15, 0.2) is 0 Å². The van der Waals surface area contributed by atoms with Gasteiger partial charge in [-0.15, -0.1) is 0 Å². The number of amides is 1. The first kappa shape index (κ1) is 16.0. The molecule has 1 amide bonds. The fraction of sp³-hybridized carbons (Fsp3) is 0.294. The highest BCUT2D eigenvalue weighted by molar-refractivity contribution is 5.94. The lowest BCUT2D eigenvalue weighted by Crippen LogP contribution is -2.36.